The minimum absolute atomic E-state index is 0.0141. The minimum Gasteiger partial charge on any atom is -0.392 e. The Balaban J connectivity index is 2.00. The second-order valence-corrected chi connectivity index (χ2v) is 5.29. The molecule has 0 aromatic heterocycles. The van der Waals surface area contributed by atoms with Crippen LogP contribution in [-0.2, 0) is 6.42 Å². The Morgan fingerprint density at radius 2 is 1.65 bits per heavy atom. The van der Waals surface area contributed by atoms with E-state index in [2.05, 4.69) is 19.1 Å². The third kappa shape index (κ3) is 3.69. The van der Waals surface area contributed by atoms with Crippen molar-refractivity contribution < 1.29 is 5.11 Å². The molecule has 0 heterocycles. The van der Waals surface area contributed by atoms with Crippen molar-refractivity contribution in [3.05, 3.63) is 71.3 Å². The largest absolute Gasteiger partial charge is 0.392 e. The average Bonchev–Trinajstić information content (AvgIpc) is 2.48. The van der Waals surface area contributed by atoms with Gasteiger partial charge in [-0.2, -0.15) is 0 Å². The second-order valence-electron chi connectivity index (χ2n) is 5.29. The summed E-state index contributed by atoms with van der Waals surface area (Å²) >= 11 is 0. The lowest BCUT2D eigenvalue weighted by atomic mass is 9.89. The normalized spacial score (nSPS) is 13.9. The van der Waals surface area contributed by atoms with E-state index in [0.29, 0.717) is 6.54 Å². The molecule has 2 aromatic rings. The van der Waals surface area contributed by atoms with Gasteiger partial charge < -0.3 is 10.8 Å². The fourth-order valence-corrected chi connectivity index (χ4v) is 2.61. The van der Waals surface area contributed by atoms with Crippen LogP contribution in [0, 0.1) is 6.92 Å². The zero-order valence-corrected chi connectivity index (χ0v) is 12.0. The first-order chi connectivity index (χ1) is 9.72. The van der Waals surface area contributed by atoms with Crippen LogP contribution in [0.1, 0.15) is 29.0 Å². The molecule has 0 saturated heterocycles. The van der Waals surface area contributed by atoms with Crippen LogP contribution in [0.4, 0.5) is 0 Å². The first-order valence-electron chi connectivity index (χ1n) is 7.20. The average molecular weight is 269 g/mol. The highest BCUT2D eigenvalue weighted by molar-refractivity contribution is 5.26. The molecule has 0 aliphatic carbocycles. The number of aliphatic hydroxyl groups is 1. The van der Waals surface area contributed by atoms with Crippen molar-refractivity contribution in [1.29, 1.82) is 0 Å². The molecule has 3 N–H and O–H groups in total. The number of benzene rings is 2. The van der Waals surface area contributed by atoms with E-state index in [0.717, 1.165) is 18.4 Å². The van der Waals surface area contributed by atoms with Gasteiger partial charge in [0.15, 0.2) is 0 Å². The summed E-state index contributed by atoms with van der Waals surface area (Å²) in [5.41, 5.74) is 9.54. The topological polar surface area (TPSA) is 46.2 Å². The van der Waals surface area contributed by atoms with Crippen molar-refractivity contribution in [2.45, 2.75) is 31.8 Å². The lowest BCUT2D eigenvalue weighted by Crippen LogP contribution is -2.26. The molecule has 0 aliphatic heterocycles. The number of aryl methyl sites for hydroxylation is 2. The highest BCUT2D eigenvalue weighted by Crippen LogP contribution is 2.22. The van der Waals surface area contributed by atoms with Crippen molar-refractivity contribution in [2.75, 3.05) is 6.54 Å². The highest BCUT2D eigenvalue weighted by atomic mass is 16.3. The lowest BCUT2D eigenvalue weighted by Gasteiger charge is -2.22. The minimum atomic E-state index is -0.401. The summed E-state index contributed by atoms with van der Waals surface area (Å²) in [6.07, 6.45) is 1.22. The van der Waals surface area contributed by atoms with Gasteiger partial charge in [0.05, 0.1) is 6.10 Å². The smallest absolute Gasteiger partial charge is 0.0624 e. The van der Waals surface area contributed by atoms with Gasteiger partial charge in [-0.15, -0.1) is 0 Å². The Morgan fingerprint density at radius 1 is 1.00 bits per heavy atom. The number of rotatable bonds is 6. The maximum Gasteiger partial charge on any atom is 0.0624 e. The SMILES string of the molecule is Cc1ccccc1CCC(O)C(CN)c1ccccc1. The van der Waals surface area contributed by atoms with Gasteiger partial charge in [0.2, 0.25) is 0 Å². The Morgan fingerprint density at radius 3 is 2.30 bits per heavy atom. The van der Waals surface area contributed by atoms with E-state index in [9.17, 15) is 5.11 Å². The van der Waals surface area contributed by atoms with Crippen molar-refractivity contribution in [1.82, 2.24) is 0 Å². The molecule has 0 bridgehead atoms. The van der Waals surface area contributed by atoms with Crippen molar-refractivity contribution >= 4 is 0 Å². The Bertz CT molecular complexity index is 524. The van der Waals surface area contributed by atoms with Crippen LogP contribution in [-0.4, -0.2) is 17.8 Å². The molecule has 0 spiro atoms. The summed E-state index contributed by atoms with van der Waals surface area (Å²) in [5, 5.41) is 10.4. The van der Waals surface area contributed by atoms with E-state index < -0.39 is 6.10 Å². The second kappa shape index (κ2) is 7.22. The molecule has 2 rings (SSSR count). The van der Waals surface area contributed by atoms with E-state index in [-0.39, 0.29) is 5.92 Å². The molecule has 2 aromatic carbocycles. The Labute approximate surface area is 121 Å². The third-order valence-corrected chi connectivity index (χ3v) is 3.92. The molecule has 0 fully saturated rings. The maximum absolute atomic E-state index is 10.4. The van der Waals surface area contributed by atoms with Gasteiger partial charge in [-0.1, -0.05) is 54.6 Å². The molecule has 2 unspecified atom stereocenters. The van der Waals surface area contributed by atoms with E-state index in [4.69, 9.17) is 5.73 Å². The standard InChI is InChI=1S/C18H23NO/c1-14-7-5-6-8-15(14)11-12-18(20)17(13-19)16-9-3-2-4-10-16/h2-10,17-18,20H,11-13,19H2,1H3. The van der Waals surface area contributed by atoms with E-state index in [1.807, 2.05) is 42.5 Å². The summed E-state index contributed by atoms with van der Waals surface area (Å²) in [5.74, 6) is 0.0141. The van der Waals surface area contributed by atoms with E-state index >= 15 is 0 Å². The van der Waals surface area contributed by atoms with E-state index in [1.165, 1.54) is 11.1 Å². The molecule has 106 valence electrons. The quantitative estimate of drug-likeness (QED) is 0.846. The predicted molar refractivity (Wildman–Crippen MR) is 83.7 cm³/mol. The van der Waals surface area contributed by atoms with Gasteiger partial charge in [-0.25, -0.2) is 0 Å². The highest BCUT2D eigenvalue weighted by Gasteiger charge is 2.19. The van der Waals surface area contributed by atoms with Gasteiger partial charge in [0.25, 0.3) is 0 Å². The van der Waals surface area contributed by atoms with Gasteiger partial charge >= 0.3 is 0 Å². The fourth-order valence-electron chi connectivity index (χ4n) is 2.61. The summed E-state index contributed by atoms with van der Waals surface area (Å²) < 4.78 is 0. The Hall–Kier alpha value is -1.64. The number of nitrogens with two attached hydrogens (primary N) is 1. The molecular weight excluding hydrogens is 246 g/mol. The number of hydrogen-bond acceptors (Lipinski definition) is 2. The van der Waals surface area contributed by atoms with Crippen LogP contribution >= 0.6 is 0 Å². The molecule has 20 heavy (non-hydrogen) atoms. The van der Waals surface area contributed by atoms with Crippen molar-refractivity contribution in [3.63, 3.8) is 0 Å². The van der Waals surface area contributed by atoms with Crippen LogP contribution in [0.15, 0.2) is 54.6 Å². The Kier molecular flexibility index (Phi) is 5.33. The van der Waals surface area contributed by atoms with E-state index in [1.54, 1.807) is 0 Å². The summed E-state index contributed by atoms with van der Waals surface area (Å²) in [4.78, 5) is 0. The maximum atomic E-state index is 10.4. The molecule has 0 amide bonds. The van der Waals surface area contributed by atoms with Crippen molar-refractivity contribution in [3.8, 4) is 0 Å². The van der Waals surface area contributed by atoms with Crippen LogP contribution < -0.4 is 5.73 Å². The van der Waals surface area contributed by atoms with Crippen LogP contribution in [0.25, 0.3) is 0 Å². The first-order valence-corrected chi connectivity index (χ1v) is 7.20. The fraction of sp³-hybridized carbons (Fsp3) is 0.333. The molecule has 2 atom stereocenters. The summed E-state index contributed by atoms with van der Waals surface area (Å²) in [7, 11) is 0. The molecular formula is C18H23NO. The third-order valence-electron chi connectivity index (χ3n) is 3.92. The monoisotopic (exact) mass is 269 g/mol. The zero-order chi connectivity index (χ0) is 14.4. The molecule has 2 heteroatoms. The molecule has 0 radical (unpaired) electrons. The number of hydrogen-bond donors (Lipinski definition) is 2. The van der Waals surface area contributed by atoms with Crippen LogP contribution in [0.3, 0.4) is 0 Å². The predicted octanol–water partition coefficient (Wildman–Crippen LogP) is 3.03. The molecule has 0 saturated carbocycles. The van der Waals surface area contributed by atoms with Gasteiger partial charge in [0.1, 0.15) is 0 Å². The lowest BCUT2D eigenvalue weighted by molar-refractivity contribution is 0.136. The molecule has 0 aliphatic rings. The first kappa shape index (κ1) is 14.8. The van der Waals surface area contributed by atoms with Crippen molar-refractivity contribution in [2.24, 2.45) is 5.73 Å². The number of aliphatic hydroxyl groups excluding tert-OH is 1. The van der Waals surface area contributed by atoms with Gasteiger partial charge in [-0.3, -0.25) is 0 Å². The summed E-state index contributed by atoms with van der Waals surface area (Å²) in [6.45, 7) is 2.58. The molecule has 2 nitrogen and oxygen atoms in total. The zero-order valence-electron chi connectivity index (χ0n) is 12.0. The van der Waals surface area contributed by atoms with Gasteiger partial charge in [0, 0.05) is 12.5 Å². The van der Waals surface area contributed by atoms with Crippen LogP contribution in [0.2, 0.25) is 0 Å². The summed E-state index contributed by atoms with van der Waals surface area (Å²) in [6, 6.07) is 18.4. The van der Waals surface area contributed by atoms with Gasteiger partial charge in [-0.05, 0) is 36.5 Å². The van der Waals surface area contributed by atoms with Crippen LogP contribution in [0.5, 0.6) is 0 Å².